The lowest BCUT2D eigenvalue weighted by Gasteiger charge is -2.18. The molecule has 4 heteroatoms. The zero-order valence-corrected chi connectivity index (χ0v) is 13.3. The molecule has 1 N–H and O–H groups in total. The summed E-state index contributed by atoms with van der Waals surface area (Å²) in [7, 11) is 0. The summed E-state index contributed by atoms with van der Waals surface area (Å²) < 4.78 is 5.42. The molecule has 1 aromatic heterocycles. The maximum atomic E-state index is 6.09. The normalized spacial score (nSPS) is 12.6. The summed E-state index contributed by atoms with van der Waals surface area (Å²) in [6.45, 7) is 5.12. The van der Waals surface area contributed by atoms with E-state index < -0.39 is 0 Å². The molecular weight excluding hydrogens is 293 g/mol. The minimum Gasteiger partial charge on any atom is -0.469 e. The lowest BCUT2D eigenvalue weighted by atomic mass is 9.99. The van der Waals surface area contributed by atoms with Crippen molar-refractivity contribution in [3.05, 3.63) is 57.5 Å². The highest BCUT2D eigenvalue weighted by atomic mass is 35.5. The van der Waals surface area contributed by atoms with E-state index in [2.05, 4.69) is 12.2 Å². The predicted octanol–water partition coefficient (Wildman–Crippen LogP) is 5.18. The molecule has 0 aliphatic rings. The zero-order valence-electron chi connectivity index (χ0n) is 11.7. The van der Waals surface area contributed by atoms with Gasteiger partial charge in [-0.15, -0.1) is 0 Å². The van der Waals surface area contributed by atoms with Crippen LogP contribution >= 0.6 is 23.2 Å². The number of hydrogen-bond acceptors (Lipinski definition) is 2. The van der Waals surface area contributed by atoms with E-state index in [0.717, 1.165) is 30.7 Å². The summed E-state index contributed by atoms with van der Waals surface area (Å²) in [5.74, 6) is 0.957. The first-order valence-electron chi connectivity index (χ1n) is 6.83. The Kier molecular flexibility index (Phi) is 5.53. The third-order valence-electron chi connectivity index (χ3n) is 3.34. The molecule has 1 aromatic carbocycles. The van der Waals surface area contributed by atoms with E-state index in [0.29, 0.717) is 10.0 Å². The summed E-state index contributed by atoms with van der Waals surface area (Å²) >= 11 is 12.0. The summed E-state index contributed by atoms with van der Waals surface area (Å²) in [5.41, 5.74) is 2.36. The molecule has 0 fully saturated rings. The number of furan rings is 1. The van der Waals surface area contributed by atoms with Gasteiger partial charge in [-0.3, -0.25) is 0 Å². The molecule has 0 amide bonds. The van der Waals surface area contributed by atoms with E-state index in [9.17, 15) is 0 Å². The van der Waals surface area contributed by atoms with Crippen molar-refractivity contribution in [1.82, 2.24) is 5.32 Å². The fourth-order valence-corrected chi connectivity index (χ4v) is 2.59. The van der Waals surface area contributed by atoms with Crippen molar-refractivity contribution < 1.29 is 4.42 Å². The Labute approximate surface area is 130 Å². The van der Waals surface area contributed by atoms with Gasteiger partial charge in [-0.1, -0.05) is 36.2 Å². The molecular formula is C16H19Cl2NO. The lowest BCUT2D eigenvalue weighted by molar-refractivity contribution is 0.494. The van der Waals surface area contributed by atoms with Crippen molar-refractivity contribution in [2.45, 2.75) is 32.7 Å². The molecule has 108 valence electrons. The summed E-state index contributed by atoms with van der Waals surface area (Å²) in [6.07, 6.45) is 3.69. The third kappa shape index (κ3) is 3.78. The van der Waals surface area contributed by atoms with Crippen LogP contribution in [0.5, 0.6) is 0 Å². The van der Waals surface area contributed by atoms with Crippen molar-refractivity contribution in [1.29, 1.82) is 0 Å². The average molecular weight is 312 g/mol. The molecule has 0 saturated carbocycles. The van der Waals surface area contributed by atoms with Gasteiger partial charge in [-0.2, -0.15) is 0 Å². The van der Waals surface area contributed by atoms with Crippen LogP contribution in [-0.4, -0.2) is 6.54 Å². The zero-order chi connectivity index (χ0) is 14.5. The highest BCUT2D eigenvalue weighted by Crippen LogP contribution is 2.27. The maximum Gasteiger partial charge on any atom is 0.105 e. The molecule has 1 atom stereocenters. The molecule has 0 saturated heterocycles. The second-order valence-electron chi connectivity index (χ2n) is 4.89. The summed E-state index contributed by atoms with van der Waals surface area (Å²) in [6, 6.07) is 8.05. The van der Waals surface area contributed by atoms with Gasteiger partial charge in [0.1, 0.15) is 5.76 Å². The molecule has 0 aliphatic carbocycles. The Morgan fingerprint density at radius 3 is 2.60 bits per heavy atom. The highest BCUT2D eigenvalue weighted by Gasteiger charge is 2.16. The van der Waals surface area contributed by atoms with Gasteiger partial charge in [0.2, 0.25) is 0 Å². The van der Waals surface area contributed by atoms with Gasteiger partial charge in [0.05, 0.1) is 16.3 Å². The largest absolute Gasteiger partial charge is 0.469 e. The Morgan fingerprint density at radius 2 is 2.00 bits per heavy atom. The molecule has 1 unspecified atom stereocenters. The fourth-order valence-electron chi connectivity index (χ4n) is 2.27. The molecule has 20 heavy (non-hydrogen) atoms. The minimum absolute atomic E-state index is 0.228. The van der Waals surface area contributed by atoms with Crippen molar-refractivity contribution >= 4 is 23.2 Å². The minimum atomic E-state index is 0.228. The van der Waals surface area contributed by atoms with Gasteiger partial charge in [0, 0.05) is 11.6 Å². The van der Waals surface area contributed by atoms with E-state index in [1.807, 2.05) is 31.2 Å². The summed E-state index contributed by atoms with van der Waals surface area (Å²) in [4.78, 5) is 0. The van der Waals surface area contributed by atoms with E-state index in [1.54, 1.807) is 6.26 Å². The number of hydrogen-bond donors (Lipinski definition) is 1. The van der Waals surface area contributed by atoms with Crippen LogP contribution in [0.15, 0.2) is 34.9 Å². The number of rotatable bonds is 6. The van der Waals surface area contributed by atoms with Crippen LogP contribution in [0.4, 0.5) is 0 Å². The topological polar surface area (TPSA) is 25.2 Å². The Balaban J connectivity index is 2.19. The van der Waals surface area contributed by atoms with Crippen LogP contribution < -0.4 is 5.32 Å². The third-order valence-corrected chi connectivity index (χ3v) is 4.08. The molecule has 0 spiro atoms. The molecule has 1 heterocycles. The smallest absolute Gasteiger partial charge is 0.105 e. The maximum absolute atomic E-state index is 6.09. The van der Waals surface area contributed by atoms with Crippen molar-refractivity contribution in [3.8, 4) is 0 Å². The van der Waals surface area contributed by atoms with Crippen LogP contribution in [0, 0.1) is 6.92 Å². The first-order chi connectivity index (χ1) is 9.61. The van der Waals surface area contributed by atoms with Gasteiger partial charge < -0.3 is 9.73 Å². The highest BCUT2D eigenvalue weighted by molar-refractivity contribution is 6.42. The van der Waals surface area contributed by atoms with Gasteiger partial charge in [-0.05, 0) is 50.1 Å². The van der Waals surface area contributed by atoms with Gasteiger partial charge >= 0.3 is 0 Å². The van der Waals surface area contributed by atoms with Crippen molar-refractivity contribution in [2.24, 2.45) is 0 Å². The molecule has 0 radical (unpaired) electrons. The second kappa shape index (κ2) is 7.16. The first-order valence-corrected chi connectivity index (χ1v) is 7.58. The van der Waals surface area contributed by atoms with Crippen molar-refractivity contribution in [2.75, 3.05) is 6.54 Å². The Morgan fingerprint density at radius 1 is 1.20 bits per heavy atom. The van der Waals surface area contributed by atoms with Crippen molar-refractivity contribution in [3.63, 3.8) is 0 Å². The number of aryl methyl sites for hydroxylation is 1. The Hall–Kier alpha value is -0.960. The molecule has 2 nitrogen and oxygen atoms in total. The first kappa shape index (κ1) is 15.4. The van der Waals surface area contributed by atoms with Crippen LogP contribution in [0.3, 0.4) is 0 Å². The monoisotopic (exact) mass is 311 g/mol. The lowest BCUT2D eigenvalue weighted by Crippen LogP contribution is -2.24. The van der Waals surface area contributed by atoms with E-state index >= 15 is 0 Å². The molecule has 0 bridgehead atoms. The number of nitrogens with one attached hydrogen (secondary N) is 1. The quantitative estimate of drug-likeness (QED) is 0.795. The standard InChI is InChI=1S/C16H19Cl2NO/c1-3-7-19-16(13-6-8-20-11(13)2)10-12-4-5-14(17)15(18)9-12/h4-6,8-9,16,19H,3,7,10H2,1-2H3. The van der Waals surface area contributed by atoms with Gasteiger partial charge in [0.15, 0.2) is 0 Å². The van der Waals surface area contributed by atoms with E-state index in [1.165, 1.54) is 5.56 Å². The van der Waals surface area contributed by atoms with E-state index in [-0.39, 0.29) is 6.04 Å². The van der Waals surface area contributed by atoms with Crippen LogP contribution in [-0.2, 0) is 6.42 Å². The fraction of sp³-hybridized carbons (Fsp3) is 0.375. The van der Waals surface area contributed by atoms with Crippen LogP contribution in [0.2, 0.25) is 10.0 Å². The van der Waals surface area contributed by atoms with Gasteiger partial charge in [-0.25, -0.2) is 0 Å². The molecule has 2 aromatic rings. The van der Waals surface area contributed by atoms with Crippen LogP contribution in [0.25, 0.3) is 0 Å². The number of halogens is 2. The van der Waals surface area contributed by atoms with Crippen LogP contribution in [0.1, 0.15) is 36.3 Å². The molecule has 2 rings (SSSR count). The summed E-state index contributed by atoms with van der Waals surface area (Å²) in [5, 5.41) is 4.75. The van der Waals surface area contributed by atoms with Gasteiger partial charge in [0.25, 0.3) is 0 Å². The predicted molar refractivity (Wildman–Crippen MR) is 84.6 cm³/mol. The second-order valence-corrected chi connectivity index (χ2v) is 5.71. The van der Waals surface area contributed by atoms with E-state index in [4.69, 9.17) is 27.6 Å². The SMILES string of the molecule is CCCNC(Cc1ccc(Cl)c(Cl)c1)c1ccoc1C. The average Bonchev–Trinajstić information content (AvgIpc) is 2.85. The number of benzene rings is 1. The Bertz CT molecular complexity index is 565. The molecule has 0 aliphatic heterocycles.